The van der Waals surface area contributed by atoms with Gasteiger partial charge in [0.15, 0.2) is 5.43 Å². The number of H-pyrrole nitrogens is 1. The number of rotatable bonds is 6. The molecule has 2 N–H and O–H groups in total. The number of fused-ring (bicyclic) bond motifs is 2. The highest BCUT2D eigenvalue weighted by atomic mass is 16.1. The minimum Gasteiger partial charge on any atom is -0.369 e. The fourth-order valence-electron chi connectivity index (χ4n) is 4.62. The molecule has 7 nitrogen and oxygen atoms in total. The number of aromatic nitrogens is 1. The third-order valence-corrected chi connectivity index (χ3v) is 6.67. The first-order chi connectivity index (χ1) is 17.0. The molecule has 1 aliphatic rings. The van der Waals surface area contributed by atoms with Crippen molar-refractivity contribution < 1.29 is 4.79 Å². The molecule has 0 atom stereocenters. The number of likely N-dealkylation sites (N-methyl/N-ethyl adjacent to an activating group) is 1. The first-order valence-electron chi connectivity index (χ1n) is 12.1. The number of pyridine rings is 1. The third kappa shape index (κ3) is 5.06. The maximum Gasteiger partial charge on any atom is 0.255 e. The molecule has 1 aliphatic heterocycles. The number of nitrogens with one attached hydrogen (secondary N) is 2. The average Bonchev–Trinajstić information content (AvgIpc) is 2.88. The molecule has 4 aromatic rings. The van der Waals surface area contributed by atoms with Crippen molar-refractivity contribution in [2.45, 2.75) is 0 Å². The number of piperazine rings is 1. The molecule has 1 aromatic heterocycles. The van der Waals surface area contributed by atoms with Crippen LogP contribution >= 0.6 is 0 Å². The van der Waals surface area contributed by atoms with Gasteiger partial charge in [0.25, 0.3) is 5.91 Å². The quantitative estimate of drug-likeness (QED) is 0.422. The van der Waals surface area contributed by atoms with Crippen molar-refractivity contribution in [3.05, 3.63) is 82.5 Å². The molecule has 3 aromatic carbocycles. The van der Waals surface area contributed by atoms with E-state index in [1.807, 2.05) is 36.4 Å². The van der Waals surface area contributed by atoms with Crippen LogP contribution in [0.2, 0.25) is 0 Å². The molecule has 2 heterocycles. The molecule has 1 amide bonds. The minimum absolute atomic E-state index is 0.0734. The lowest BCUT2D eigenvalue weighted by atomic mass is 10.1. The van der Waals surface area contributed by atoms with Crippen LogP contribution in [0.25, 0.3) is 21.8 Å². The van der Waals surface area contributed by atoms with Crippen molar-refractivity contribution in [2.24, 2.45) is 0 Å². The molecule has 35 heavy (non-hydrogen) atoms. The Labute approximate surface area is 205 Å². The van der Waals surface area contributed by atoms with E-state index >= 15 is 0 Å². The zero-order valence-electron chi connectivity index (χ0n) is 20.3. The summed E-state index contributed by atoms with van der Waals surface area (Å²) in [6, 6.07) is 20.6. The maximum absolute atomic E-state index is 13.0. The van der Waals surface area contributed by atoms with Crippen molar-refractivity contribution in [3.63, 3.8) is 0 Å². The van der Waals surface area contributed by atoms with E-state index in [4.69, 9.17) is 0 Å². The van der Waals surface area contributed by atoms with Crippen LogP contribution in [0.5, 0.6) is 0 Å². The van der Waals surface area contributed by atoms with Gasteiger partial charge in [0.05, 0.1) is 0 Å². The van der Waals surface area contributed by atoms with Crippen molar-refractivity contribution >= 4 is 39.1 Å². The number of hydrogen-bond acceptors (Lipinski definition) is 5. The SMILES string of the molecule is CN(C)CCN1CCN(c2cccc(NC(=O)c3ccc4[nH]c5ccccc5c(=O)c4c3)c2)CC1. The van der Waals surface area contributed by atoms with E-state index in [0.29, 0.717) is 16.3 Å². The second-order valence-corrected chi connectivity index (χ2v) is 9.40. The molecule has 5 rings (SSSR count). The summed E-state index contributed by atoms with van der Waals surface area (Å²) in [5, 5.41) is 4.14. The topological polar surface area (TPSA) is 71.7 Å². The Morgan fingerprint density at radius 3 is 2.49 bits per heavy atom. The highest BCUT2D eigenvalue weighted by Crippen LogP contribution is 2.22. The molecule has 1 fully saturated rings. The third-order valence-electron chi connectivity index (χ3n) is 6.67. The summed E-state index contributed by atoms with van der Waals surface area (Å²) in [7, 11) is 4.21. The molecule has 0 unspecified atom stereocenters. The fourth-order valence-corrected chi connectivity index (χ4v) is 4.62. The van der Waals surface area contributed by atoms with Crippen LogP contribution in [0, 0.1) is 0 Å². The Bertz CT molecular complexity index is 1420. The zero-order valence-corrected chi connectivity index (χ0v) is 20.3. The maximum atomic E-state index is 13.0. The van der Waals surface area contributed by atoms with Gasteiger partial charge >= 0.3 is 0 Å². The van der Waals surface area contributed by atoms with E-state index in [9.17, 15) is 9.59 Å². The van der Waals surface area contributed by atoms with Crippen LogP contribution in [-0.2, 0) is 0 Å². The van der Waals surface area contributed by atoms with Gasteiger partial charge in [-0.1, -0.05) is 18.2 Å². The number of nitrogens with zero attached hydrogens (tertiary/aromatic N) is 3. The van der Waals surface area contributed by atoms with Crippen molar-refractivity contribution in [1.29, 1.82) is 0 Å². The Morgan fingerprint density at radius 2 is 1.69 bits per heavy atom. The monoisotopic (exact) mass is 469 g/mol. The van der Waals surface area contributed by atoms with Gasteiger partial charge in [-0.05, 0) is 62.6 Å². The summed E-state index contributed by atoms with van der Waals surface area (Å²) in [4.78, 5) is 36.4. The number of amides is 1. The van der Waals surface area contributed by atoms with Gasteiger partial charge in [-0.2, -0.15) is 0 Å². The van der Waals surface area contributed by atoms with E-state index in [2.05, 4.69) is 45.2 Å². The van der Waals surface area contributed by atoms with Crippen LogP contribution in [0.3, 0.4) is 0 Å². The molecule has 0 spiro atoms. The highest BCUT2D eigenvalue weighted by molar-refractivity contribution is 6.07. The molecule has 7 heteroatoms. The number of para-hydroxylation sites is 1. The first-order valence-corrected chi connectivity index (χ1v) is 12.1. The lowest BCUT2D eigenvalue weighted by Crippen LogP contribution is -2.48. The van der Waals surface area contributed by atoms with Crippen LogP contribution in [0.4, 0.5) is 11.4 Å². The number of hydrogen-bond donors (Lipinski definition) is 2. The number of benzene rings is 3. The summed E-state index contributed by atoms with van der Waals surface area (Å²) in [5.41, 5.74) is 3.75. The van der Waals surface area contributed by atoms with Gasteiger partial charge in [0.1, 0.15) is 0 Å². The number of carbonyl (C=O) groups is 1. The van der Waals surface area contributed by atoms with Gasteiger partial charge in [-0.15, -0.1) is 0 Å². The van der Waals surface area contributed by atoms with Gasteiger partial charge in [0, 0.05) is 78.0 Å². The van der Waals surface area contributed by atoms with Crippen LogP contribution in [0.1, 0.15) is 10.4 Å². The normalized spacial score (nSPS) is 14.7. The molecular formula is C28H31N5O2. The molecule has 0 saturated carbocycles. The largest absolute Gasteiger partial charge is 0.369 e. The van der Waals surface area contributed by atoms with E-state index in [0.717, 1.165) is 61.7 Å². The summed E-state index contributed by atoms with van der Waals surface area (Å²) >= 11 is 0. The summed E-state index contributed by atoms with van der Waals surface area (Å²) in [6.07, 6.45) is 0. The van der Waals surface area contributed by atoms with Crippen molar-refractivity contribution in [1.82, 2.24) is 14.8 Å². The Balaban J connectivity index is 1.30. The predicted octanol–water partition coefficient (Wildman–Crippen LogP) is 3.62. The zero-order chi connectivity index (χ0) is 24.4. The van der Waals surface area contributed by atoms with E-state index in [1.165, 1.54) is 0 Å². The summed E-state index contributed by atoms with van der Waals surface area (Å²) in [6.45, 7) is 6.15. The minimum atomic E-state index is -0.231. The van der Waals surface area contributed by atoms with Gasteiger partial charge in [-0.3, -0.25) is 14.5 Å². The Kier molecular flexibility index (Phi) is 6.53. The van der Waals surface area contributed by atoms with Gasteiger partial charge < -0.3 is 20.1 Å². The van der Waals surface area contributed by atoms with Gasteiger partial charge in [-0.25, -0.2) is 0 Å². The number of anilines is 2. The smallest absolute Gasteiger partial charge is 0.255 e. The molecule has 0 aliphatic carbocycles. The van der Waals surface area contributed by atoms with Gasteiger partial charge in [0.2, 0.25) is 0 Å². The number of carbonyl (C=O) groups excluding carboxylic acids is 1. The number of aromatic amines is 1. The van der Waals surface area contributed by atoms with E-state index in [-0.39, 0.29) is 11.3 Å². The van der Waals surface area contributed by atoms with E-state index in [1.54, 1.807) is 24.3 Å². The summed E-state index contributed by atoms with van der Waals surface area (Å²) < 4.78 is 0. The van der Waals surface area contributed by atoms with Crippen LogP contribution in [-0.4, -0.2) is 74.1 Å². The molecule has 1 saturated heterocycles. The lowest BCUT2D eigenvalue weighted by molar-refractivity contribution is 0.102. The fraction of sp³-hybridized carbons (Fsp3) is 0.286. The molecule has 0 bridgehead atoms. The van der Waals surface area contributed by atoms with Crippen molar-refractivity contribution in [3.8, 4) is 0 Å². The predicted molar refractivity (Wildman–Crippen MR) is 144 cm³/mol. The standard InChI is InChI=1S/C28H31N5O2/c1-31(2)12-13-32-14-16-33(17-15-32)22-7-5-6-21(19-22)29-28(35)20-10-11-26-24(18-20)27(34)23-8-3-4-9-25(23)30-26/h3-11,18-19H,12-17H2,1-2H3,(H,29,35)(H,30,34). The molecule has 0 radical (unpaired) electrons. The molecular weight excluding hydrogens is 438 g/mol. The van der Waals surface area contributed by atoms with E-state index < -0.39 is 0 Å². The summed E-state index contributed by atoms with van der Waals surface area (Å²) in [5.74, 6) is -0.231. The average molecular weight is 470 g/mol. The Morgan fingerprint density at radius 1 is 0.914 bits per heavy atom. The molecule has 180 valence electrons. The lowest BCUT2D eigenvalue weighted by Gasteiger charge is -2.36. The second kappa shape index (κ2) is 9.90. The van der Waals surface area contributed by atoms with Crippen LogP contribution < -0.4 is 15.6 Å². The highest BCUT2D eigenvalue weighted by Gasteiger charge is 2.18. The Hall–Kier alpha value is -3.68. The first kappa shape index (κ1) is 23.1. The van der Waals surface area contributed by atoms with Crippen LogP contribution in [0.15, 0.2) is 71.5 Å². The second-order valence-electron chi connectivity index (χ2n) is 9.40. The van der Waals surface area contributed by atoms with Crippen molar-refractivity contribution in [2.75, 3.05) is 63.6 Å².